The Morgan fingerprint density at radius 3 is 2.29 bits per heavy atom. The molecule has 0 aromatic carbocycles. The monoisotopic (exact) mass is 235 g/mol. The van der Waals surface area contributed by atoms with Gasteiger partial charge in [0.25, 0.3) is 0 Å². The van der Waals surface area contributed by atoms with Crippen molar-refractivity contribution in [3.8, 4) is 0 Å². The molecule has 0 atom stereocenters. The van der Waals surface area contributed by atoms with E-state index in [-0.39, 0.29) is 0 Å². The summed E-state index contributed by atoms with van der Waals surface area (Å²) in [5, 5.41) is 4.69. The van der Waals surface area contributed by atoms with Crippen LogP contribution in [0.4, 0.5) is 5.82 Å². The highest BCUT2D eigenvalue weighted by Gasteiger charge is 2.24. The first-order valence-electron chi connectivity index (χ1n) is 6.93. The molecule has 1 aliphatic rings. The molecule has 1 saturated carbocycles. The summed E-state index contributed by atoms with van der Waals surface area (Å²) in [6.45, 7) is 4.43. The van der Waals surface area contributed by atoms with Crippen LogP contribution in [-0.2, 0) is 7.05 Å². The van der Waals surface area contributed by atoms with Crippen LogP contribution < -0.4 is 5.73 Å². The number of nitrogens with zero attached hydrogens (tertiary/aromatic N) is 2. The van der Waals surface area contributed by atoms with Crippen LogP contribution in [0, 0.1) is 0 Å². The molecule has 2 rings (SSSR count). The van der Waals surface area contributed by atoms with E-state index in [1.54, 1.807) is 0 Å². The van der Waals surface area contributed by atoms with Crippen LogP contribution in [0.25, 0.3) is 0 Å². The standard InChI is InChI=1S/C14H25N3/c1-10(2)12-13(16-17(3)14(12)15)11-8-6-4-5-7-9-11/h10-11H,4-9,15H2,1-3H3. The van der Waals surface area contributed by atoms with E-state index in [0.717, 1.165) is 5.82 Å². The molecule has 1 aromatic rings. The highest BCUT2D eigenvalue weighted by Crippen LogP contribution is 2.37. The van der Waals surface area contributed by atoms with E-state index in [2.05, 4.69) is 18.9 Å². The number of nitrogen functional groups attached to an aromatic ring is 1. The van der Waals surface area contributed by atoms with Crippen molar-refractivity contribution in [1.82, 2.24) is 9.78 Å². The lowest BCUT2D eigenvalue weighted by atomic mass is 9.90. The maximum atomic E-state index is 6.15. The van der Waals surface area contributed by atoms with Crippen LogP contribution in [0.1, 0.15) is 75.5 Å². The second-order valence-electron chi connectivity index (χ2n) is 5.65. The first-order valence-corrected chi connectivity index (χ1v) is 6.93. The number of nitrogens with two attached hydrogens (primary N) is 1. The summed E-state index contributed by atoms with van der Waals surface area (Å²) >= 11 is 0. The van der Waals surface area contributed by atoms with Crippen LogP contribution >= 0.6 is 0 Å². The number of anilines is 1. The van der Waals surface area contributed by atoms with E-state index in [1.807, 2.05) is 11.7 Å². The van der Waals surface area contributed by atoms with Crippen molar-refractivity contribution in [2.75, 3.05) is 5.73 Å². The molecule has 0 bridgehead atoms. The van der Waals surface area contributed by atoms with E-state index < -0.39 is 0 Å². The SMILES string of the molecule is CC(C)c1c(C2CCCCCC2)nn(C)c1N. The maximum absolute atomic E-state index is 6.15. The Labute approximate surface area is 104 Å². The fraction of sp³-hybridized carbons (Fsp3) is 0.786. The average molecular weight is 235 g/mol. The van der Waals surface area contributed by atoms with Gasteiger partial charge in [0, 0.05) is 18.5 Å². The van der Waals surface area contributed by atoms with Crippen LogP contribution in [0.15, 0.2) is 0 Å². The van der Waals surface area contributed by atoms with Gasteiger partial charge in [-0.15, -0.1) is 0 Å². The van der Waals surface area contributed by atoms with Crippen LogP contribution in [0.5, 0.6) is 0 Å². The van der Waals surface area contributed by atoms with Crippen molar-refractivity contribution in [3.63, 3.8) is 0 Å². The molecule has 0 spiro atoms. The molecular weight excluding hydrogens is 210 g/mol. The second-order valence-corrected chi connectivity index (χ2v) is 5.65. The van der Waals surface area contributed by atoms with Gasteiger partial charge in [-0.1, -0.05) is 39.5 Å². The Kier molecular flexibility index (Phi) is 3.75. The summed E-state index contributed by atoms with van der Waals surface area (Å²) in [6, 6.07) is 0. The average Bonchev–Trinajstić information content (AvgIpc) is 2.50. The number of aryl methyl sites for hydroxylation is 1. The normalized spacial score (nSPS) is 18.6. The molecule has 0 saturated heterocycles. The quantitative estimate of drug-likeness (QED) is 0.796. The summed E-state index contributed by atoms with van der Waals surface area (Å²) in [7, 11) is 1.96. The van der Waals surface area contributed by atoms with Crippen molar-refractivity contribution in [2.24, 2.45) is 7.05 Å². The Morgan fingerprint density at radius 2 is 1.76 bits per heavy atom. The van der Waals surface area contributed by atoms with Gasteiger partial charge in [0.2, 0.25) is 0 Å². The summed E-state index contributed by atoms with van der Waals surface area (Å²) in [6.07, 6.45) is 8.04. The van der Waals surface area contributed by atoms with Crippen molar-refractivity contribution < 1.29 is 0 Å². The fourth-order valence-corrected chi connectivity index (χ4v) is 3.02. The van der Waals surface area contributed by atoms with Gasteiger partial charge in [-0.2, -0.15) is 5.10 Å². The van der Waals surface area contributed by atoms with Crippen molar-refractivity contribution in [1.29, 1.82) is 0 Å². The second kappa shape index (κ2) is 5.11. The van der Waals surface area contributed by atoms with Gasteiger partial charge in [-0.25, -0.2) is 0 Å². The molecule has 17 heavy (non-hydrogen) atoms. The molecule has 2 N–H and O–H groups in total. The van der Waals surface area contributed by atoms with Gasteiger partial charge < -0.3 is 5.73 Å². The van der Waals surface area contributed by atoms with Crippen molar-refractivity contribution >= 4 is 5.82 Å². The van der Waals surface area contributed by atoms with Gasteiger partial charge in [-0.05, 0) is 18.8 Å². The molecule has 1 fully saturated rings. The topological polar surface area (TPSA) is 43.8 Å². The molecule has 1 aromatic heterocycles. The molecular formula is C14H25N3. The highest BCUT2D eigenvalue weighted by atomic mass is 15.3. The van der Waals surface area contributed by atoms with E-state index in [4.69, 9.17) is 5.73 Å². The van der Waals surface area contributed by atoms with Crippen LogP contribution in [-0.4, -0.2) is 9.78 Å². The zero-order valence-electron chi connectivity index (χ0n) is 11.4. The summed E-state index contributed by atoms with van der Waals surface area (Å²) < 4.78 is 1.86. The lowest BCUT2D eigenvalue weighted by Crippen LogP contribution is -2.04. The number of rotatable bonds is 2. The fourth-order valence-electron chi connectivity index (χ4n) is 3.02. The summed E-state index contributed by atoms with van der Waals surface area (Å²) in [5.41, 5.74) is 8.72. The van der Waals surface area contributed by atoms with Crippen LogP contribution in [0.3, 0.4) is 0 Å². The van der Waals surface area contributed by atoms with E-state index in [9.17, 15) is 0 Å². The first kappa shape index (κ1) is 12.5. The molecule has 3 nitrogen and oxygen atoms in total. The number of hydrogen-bond donors (Lipinski definition) is 1. The van der Waals surface area contributed by atoms with E-state index >= 15 is 0 Å². The van der Waals surface area contributed by atoms with Gasteiger partial charge in [0.05, 0.1) is 5.69 Å². The predicted molar refractivity (Wildman–Crippen MR) is 72.2 cm³/mol. The van der Waals surface area contributed by atoms with Crippen LogP contribution in [0.2, 0.25) is 0 Å². The molecule has 96 valence electrons. The zero-order chi connectivity index (χ0) is 12.4. The van der Waals surface area contributed by atoms with Gasteiger partial charge in [0.1, 0.15) is 5.82 Å². The lowest BCUT2D eigenvalue weighted by molar-refractivity contribution is 0.559. The minimum Gasteiger partial charge on any atom is -0.384 e. The Bertz CT molecular complexity index is 371. The maximum Gasteiger partial charge on any atom is 0.125 e. The van der Waals surface area contributed by atoms with Crippen molar-refractivity contribution in [3.05, 3.63) is 11.3 Å². The Morgan fingerprint density at radius 1 is 1.18 bits per heavy atom. The van der Waals surface area contributed by atoms with Gasteiger partial charge in [-0.3, -0.25) is 4.68 Å². The number of aromatic nitrogens is 2. The Hall–Kier alpha value is -0.990. The molecule has 1 heterocycles. The zero-order valence-corrected chi connectivity index (χ0v) is 11.4. The summed E-state index contributed by atoms with van der Waals surface area (Å²) in [5.74, 6) is 1.97. The first-order chi connectivity index (χ1) is 8.11. The molecule has 3 heteroatoms. The predicted octanol–water partition coefficient (Wildman–Crippen LogP) is 3.56. The molecule has 1 aliphatic carbocycles. The molecule has 0 radical (unpaired) electrons. The minimum atomic E-state index is 0.474. The van der Waals surface area contributed by atoms with Gasteiger partial charge in [0.15, 0.2) is 0 Å². The lowest BCUT2D eigenvalue weighted by Gasteiger charge is -2.15. The minimum absolute atomic E-state index is 0.474. The third kappa shape index (κ3) is 2.48. The van der Waals surface area contributed by atoms with E-state index in [1.165, 1.54) is 49.8 Å². The molecule has 0 aliphatic heterocycles. The third-order valence-electron chi connectivity index (χ3n) is 3.98. The third-order valence-corrected chi connectivity index (χ3v) is 3.98. The van der Waals surface area contributed by atoms with E-state index in [0.29, 0.717) is 11.8 Å². The smallest absolute Gasteiger partial charge is 0.125 e. The Balaban J connectivity index is 2.32. The molecule has 0 unspecified atom stereocenters. The number of hydrogen-bond acceptors (Lipinski definition) is 2. The molecule has 0 amide bonds. The van der Waals surface area contributed by atoms with Crippen molar-refractivity contribution in [2.45, 2.75) is 64.2 Å². The highest BCUT2D eigenvalue weighted by molar-refractivity contribution is 5.46. The largest absolute Gasteiger partial charge is 0.384 e. The van der Waals surface area contributed by atoms with Gasteiger partial charge >= 0.3 is 0 Å². The summed E-state index contributed by atoms with van der Waals surface area (Å²) in [4.78, 5) is 0.